The van der Waals surface area contributed by atoms with Crippen molar-refractivity contribution in [2.24, 2.45) is 0 Å². The SMILES string of the molecule is O=C(NCCOCC(F)(F)F)C1CC(O)CN1. The van der Waals surface area contributed by atoms with E-state index in [0.717, 1.165) is 0 Å². The molecule has 0 aliphatic carbocycles. The van der Waals surface area contributed by atoms with Gasteiger partial charge in [-0.2, -0.15) is 13.2 Å². The van der Waals surface area contributed by atoms with Crippen molar-refractivity contribution in [1.29, 1.82) is 0 Å². The fourth-order valence-corrected chi connectivity index (χ4v) is 1.47. The van der Waals surface area contributed by atoms with Crippen molar-refractivity contribution in [3.8, 4) is 0 Å². The number of alkyl halides is 3. The number of halogens is 3. The van der Waals surface area contributed by atoms with Gasteiger partial charge < -0.3 is 20.5 Å². The molecule has 1 saturated heterocycles. The van der Waals surface area contributed by atoms with E-state index in [9.17, 15) is 18.0 Å². The topological polar surface area (TPSA) is 70.6 Å². The van der Waals surface area contributed by atoms with Crippen molar-refractivity contribution in [2.45, 2.75) is 24.7 Å². The van der Waals surface area contributed by atoms with Crippen LogP contribution in [0.1, 0.15) is 6.42 Å². The molecule has 1 heterocycles. The van der Waals surface area contributed by atoms with Crippen LogP contribution in [-0.4, -0.2) is 55.6 Å². The Bertz CT molecular complexity index is 260. The van der Waals surface area contributed by atoms with Crippen molar-refractivity contribution in [3.05, 3.63) is 0 Å². The quantitative estimate of drug-likeness (QED) is 0.575. The fraction of sp³-hybridized carbons (Fsp3) is 0.889. The van der Waals surface area contributed by atoms with Crippen LogP contribution in [0.5, 0.6) is 0 Å². The summed E-state index contributed by atoms with van der Waals surface area (Å²) in [5.41, 5.74) is 0. The molecule has 2 unspecified atom stereocenters. The summed E-state index contributed by atoms with van der Waals surface area (Å²) in [6, 6.07) is -0.479. The van der Waals surface area contributed by atoms with Crippen molar-refractivity contribution in [2.75, 3.05) is 26.3 Å². The third-order valence-corrected chi connectivity index (χ3v) is 2.24. The van der Waals surface area contributed by atoms with Crippen LogP contribution in [0.25, 0.3) is 0 Å². The van der Waals surface area contributed by atoms with Crippen molar-refractivity contribution >= 4 is 5.91 Å². The third kappa shape index (κ3) is 5.85. The zero-order valence-electron chi connectivity index (χ0n) is 9.09. The second-order valence-electron chi connectivity index (χ2n) is 3.81. The lowest BCUT2D eigenvalue weighted by Crippen LogP contribution is -2.41. The van der Waals surface area contributed by atoms with Gasteiger partial charge in [0.2, 0.25) is 5.91 Å². The number of carbonyl (C=O) groups excluding carboxylic acids is 1. The first-order valence-electron chi connectivity index (χ1n) is 5.22. The smallest absolute Gasteiger partial charge is 0.392 e. The Morgan fingerprint density at radius 3 is 2.76 bits per heavy atom. The Labute approximate surface area is 96.3 Å². The number of aliphatic hydroxyl groups excluding tert-OH is 1. The van der Waals surface area contributed by atoms with Gasteiger partial charge in [-0.05, 0) is 6.42 Å². The lowest BCUT2D eigenvalue weighted by molar-refractivity contribution is -0.173. The van der Waals surface area contributed by atoms with Crippen LogP contribution in [0.15, 0.2) is 0 Å². The standard InChI is InChI=1S/C9H15F3N2O3/c10-9(11,12)5-17-2-1-13-8(16)7-3-6(15)4-14-7/h6-7,14-15H,1-5H2,(H,13,16). The van der Waals surface area contributed by atoms with E-state index in [1.54, 1.807) is 0 Å². The summed E-state index contributed by atoms with van der Waals surface area (Å²) in [6.45, 7) is -1.14. The summed E-state index contributed by atoms with van der Waals surface area (Å²) >= 11 is 0. The predicted molar refractivity (Wildman–Crippen MR) is 52.3 cm³/mol. The summed E-state index contributed by atoms with van der Waals surface area (Å²) in [5, 5.41) is 14.4. The molecule has 1 aliphatic rings. The number of hydrogen-bond donors (Lipinski definition) is 3. The van der Waals surface area contributed by atoms with E-state index in [-0.39, 0.29) is 19.1 Å². The van der Waals surface area contributed by atoms with Gasteiger partial charge >= 0.3 is 6.18 Å². The van der Waals surface area contributed by atoms with E-state index < -0.39 is 24.9 Å². The lowest BCUT2D eigenvalue weighted by Gasteiger charge is -2.11. The van der Waals surface area contributed by atoms with E-state index in [2.05, 4.69) is 15.4 Å². The number of nitrogens with one attached hydrogen (secondary N) is 2. The van der Waals surface area contributed by atoms with E-state index in [1.807, 2.05) is 0 Å². The number of ether oxygens (including phenoxy) is 1. The average Bonchev–Trinajstić information content (AvgIpc) is 2.62. The van der Waals surface area contributed by atoms with Crippen molar-refractivity contribution in [1.82, 2.24) is 10.6 Å². The molecule has 0 radical (unpaired) electrons. The molecule has 1 fully saturated rings. The van der Waals surface area contributed by atoms with Crippen LogP contribution in [0.2, 0.25) is 0 Å². The molecule has 1 rings (SSSR count). The maximum absolute atomic E-state index is 11.7. The molecule has 3 N–H and O–H groups in total. The second kappa shape index (κ2) is 6.18. The number of aliphatic hydroxyl groups is 1. The normalized spacial score (nSPS) is 24.9. The van der Waals surface area contributed by atoms with Crippen molar-refractivity contribution < 1.29 is 27.8 Å². The molecule has 1 amide bonds. The first kappa shape index (κ1) is 14.2. The van der Waals surface area contributed by atoms with Gasteiger partial charge in [-0.25, -0.2) is 0 Å². The zero-order valence-corrected chi connectivity index (χ0v) is 9.09. The molecule has 0 aromatic carbocycles. The van der Waals surface area contributed by atoms with Gasteiger partial charge in [-0.15, -0.1) is 0 Å². The number of amides is 1. The van der Waals surface area contributed by atoms with Gasteiger partial charge in [-0.3, -0.25) is 4.79 Å². The monoisotopic (exact) mass is 256 g/mol. The Kier molecular flexibility index (Phi) is 5.16. The molecule has 0 spiro atoms. The third-order valence-electron chi connectivity index (χ3n) is 2.24. The van der Waals surface area contributed by atoms with Gasteiger partial charge in [0.05, 0.1) is 18.8 Å². The molecule has 0 aromatic rings. The van der Waals surface area contributed by atoms with Gasteiger partial charge in [0, 0.05) is 13.1 Å². The van der Waals surface area contributed by atoms with Gasteiger partial charge in [0.25, 0.3) is 0 Å². The molecule has 0 aromatic heterocycles. The highest BCUT2D eigenvalue weighted by molar-refractivity contribution is 5.82. The van der Waals surface area contributed by atoms with E-state index in [0.29, 0.717) is 13.0 Å². The minimum absolute atomic E-state index is 0.0171. The van der Waals surface area contributed by atoms with Crippen LogP contribution in [-0.2, 0) is 9.53 Å². The summed E-state index contributed by atoms with van der Waals surface area (Å²) < 4.78 is 39.4. The summed E-state index contributed by atoms with van der Waals surface area (Å²) in [5.74, 6) is -0.336. The minimum atomic E-state index is -4.35. The molecule has 100 valence electrons. The van der Waals surface area contributed by atoms with Crippen LogP contribution >= 0.6 is 0 Å². The molecule has 1 aliphatic heterocycles. The molecule has 0 saturated carbocycles. The largest absolute Gasteiger partial charge is 0.411 e. The van der Waals surface area contributed by atoms with Crippen LogP contribution in [0.4, 0.5) is 13.2 Å². The number of hydrogen-bond acceptors (Lipinski definition) is 4. The summed E-state index contributed by atoms with van der Waals surface area (Å²) in [4.78, 5) is 11.4. The first-order valence-corrected chi connectivity index (χ1v) is 5.22. The Balaban J connectivity index is 2.05. The Morgan fingerprint density at radius 1 is 1.53 bits per heavy atom. The van der Waals surface area contributed by atoms with Gasteiger partial charge in [0.1, 0.15) is 6.61 Å². The lowest BCUT2D eigenvalue weighted by atomic mass is 10.2. The van der Waals surface area contributed by atoms with E-state index in [1.165, 1.54) is 0 Å². The molecular formula is C9H15F3N2O3. The number of carbonyl (C=O) groups is 1. The summed E-state index contributed by atoms with van der Waals surface area (Å²) in [6.07, 6.45) is -4.58. The van der Waals surface area contributed by atoms with Gasteiger partial charge in [0.15, 0.2) is 0 Å². The highest BCUT2D eigenvalue weighted by atomic mass is 19.4. The van der Waals surface area contributed by atoms with Crippen LogP contribution in [0, 0.1) is 0 Å². The highest BCUT2D eigenvalue weighted by Crippen LogP contribution is 2.13. The second-order valence-corrected chi connectivity index (χ2v) is 3.81. The number of β-amino-alcohol motifs (C(OH)–C–C–N with tert-alkyl or cyclic N) is 1. The average molecular weight is 256 g/mol. The van der Waals surface area contributed by atoms with Crippen molar-refractivity contribution in [3.63, 3.8) is 0 Å². The minimum Gasteiger partial charge on any atom is -0.392 e. The molecule has 5 nitrogen and oxygen atoms in total. The molecule has 8 heteroatoms. The maximum atomic E-state index is 11.7. The predicted octanol–water partition coefficient (Wildman–Crippen LogP) is -0.596. The Hall–Kier alpha value is -0.860. The van der Waals surface area contributed by atoms with E-state index in [4.69, 9.17) is 5.11 Å². The van der Waals surface area contributed by atoms with Crippen LogP contribution < -0.4 is 10.6 Å². The molecular weight excluding hydrogens is 241 g/mol. The Morgan fingerprint density at radius 2 is 2.24 bits per heavy atom. The molecule has 2 atom stereocenters. The maximum Gasteiger partial charge on any atom is 0.411 e. The fourth-order valence-electron chi connectivity index (χ4n) is 1.47. The summed E-state index contributed by atoms with van der Waals surface area (Å²) in [7, 11) is 0. The molecule has 17 heavy (non-hydrogen) atoms. The van der Waals surface area contributed by atoms with E-state index >= 15 is 0 Å². The van der Waals surface area contributed by atoms with Gasteiger partial charge in [-0.1, -0.05) is 0 Å². The first-order chi connectivity index (χ1) is 7.88. The van der Waals surface area contributed by atoms with Crippen LogP contribution in [0.3, 0.4) is 0 Å². The highest BCUT2D eigenvalue weighted by Gasteiger charge is 2.28. The molecule has 0 bridgehead atoms. The number of rotatable bonds is 5. The zero-order chi connectivity index (χ0) is 12.9.